The minimum atomic E-state index is -4.52. The molecule has 31 heavy (non-hydrogen) atoms. The lowest BCUT2D eigenvalue weighted by atomic mass is 10.2. The van der Waals surface area contributed by atoms with E-state index in [-0.39, 0.29) is 11.5 Å². The predicted molar refractivity (Wildman–Crippen MR) is 108 cm³/mol. The molecule has 1 aliphatic rings. The Bertz CT molecular complexity index is 1100. The van der Waals surface area contributed by atoms with E-state index >= 15 is 0 Å². The first-order valence-electron chi connectivity index (χ1n) is 9.71. The number of benzene rings is 1. The summed E-state index contributed by atoms with van der Waals surface area (Å²) in [4.78, 5) is 24.2. The van der Waals surface area contributed by atoms with E-state index in [1.165, 1.54) is 36.5 Å². The third-order valence-corrected chi connectivity index (χ3v) is 5.04. The van der Waals surface area contributed by atoms with Gasteiger partial charge in [0.1, 0.15) is 17.3 Å². The summed E-state index contributed by atoms with van der Waals surface area (Å²) in [7, 11) is 0. The molecular weight excluding hydrogens is 414 g/mol. The van der Waals surface area contributed by atoms with Crippen molar-refractivity contribution >= 4 is 28.4 Å². The van der Waals surface area contributed by atoms with E-state index in [4.69, 9.17) is 0 Å². The van der Waals surface area contributed by atoms with E-state index in [2.05, 4.69) is 15.3 Å². The number of carbonyl (C=O) groups is 1. The second-order valence-electron chi connectivity index (χ2n) is 7.16. The lowest BCUT2D eigenvalue weighted by Gasteiger charge is -2.24. The number of nitrogens with zero attached hydrogens (tertiary/aromatic N) is 4. The summed E-state index contributed by atoms with van der Waals surface area (Å²) < 4.78 is 52.2. The Hall–Kier alpha value is -3.43. The van der Waals surface area contributed by atoms with Crippen LogP contribution in [0.2, 0.25) is 0 Å². The van der Waals surface area contributed by atoms with E-state index in [0.29, 0.717) is 49.5 Å². The zero-order chi connectivity index (χ0) is 22.0. The molecule has 0 atom stereocenters. The molecule has 0 aliphatic carbocycles. The highest BCUT2D eigenvalue weighted by Crippen LogP contribution is 2.31. The standard InChI is InChI=1S/C21H19F4N5O/c22-14-3-1-4-15(13-14)27-20(31)30-10-2-9-29(11-12-30)19-16-5-6-18(21(23,24)25)28-17(16)7-8-26-19/h1,3-8,13H,2,9-12H2,(H,27,31). The number of amides is 2. The summed E-state index contributed by atoms with van der Waals surface area (Å²) in [6.45, 7) is 1.90. The van der Waals surface area contributed by atoms with Crippen LogP contribution in [0.15, 0.2) is 48.7 Å². The van der Waals surface area contributed by atoms with Gasteiger partial charge in [-0.05, 0) is 42.8 Å². The number of aromatic nitrogens is 2. The molecule has 3 aromatic rings. The molecule has 1 N–H and O–H groups in total. The van der Waals surface area contributed by atoms with Crippen LogP contribution in [0.4, 0.5) is 33.9 Å². The summed E-state index contributed by atoms with van der Waals surface area (Å²) >= 11 is 0. The second-order valence-corrected chi connectivity index (χ2v) is 7.16. The van der Waals surface area contributed by atoms with Crippen molar-refractivity contribution in [2.75, 3.05) is 36.4 Å². The quantitative estimate of drug-likeness (QED) is 0.604. The van der Waals surface area contributed by atoms with Crippen molar-refractivity contribution in [1.29, 1.82) is 0 Å². The third-order valence-electron chi connectivity index (χ3n) is 5.04. The largest absolute Gasteiger partial charge is 0.433 e. The van der Waals surface area contributed by atoms with E-state index in [0.717, 1.165) is 6.07 Å². The smallest absolute Gasteiger partial charge is 0.354 e. The van der Waals surface area contributed by atoms with E-state index in [1.54, 1.807) is 11.0 Å². The van der Waals surface area contributed by atoms with Crippen LogP contribution in [0.3, 0.4) is 0 Å². The van der Waals surface area contributed by atoms with Crippen molar-refractivity contribution in [2.45, 2.75) is 12.6 Å². The molecule has 1 aliphatic heterocycles. The van der Waals surface area contributed by atoms with E-state index in [1.807, 2.05) is 4.90 Å². The van der Waals surface area contributed by atoms with Gasteiger partial charge in [0.2, 0.25) is 0 Å². The summed E-state index contributed by atoms with van der Waals surface area (Å²) in [6, 6.07) is 9.09. The van der Waals surface area contributed by atoms with Crippen LogP contribution in [0.25, 0.3) is 10.9 Å². The number of rotatable bonds is 2. The minimum absolute atomic E-state index is 0.213. The zero-order valence-electron chi connectivity index (χ0n) is 16.4. The molecule has 162 valence electrons. The number of fused-ring (bicyclic) bond motifs is 1. The maximum absolute atomic E-state index is 13.3. The van der Waals surface area contributed by atoms with Crippen LogP contribution in [-0.2, 0) is 6.18 Å². The average Bonchev–Trinajstić information content (AvgIpc) is 2.98. The molecule has 0 saturated carbocycles. The summed E-state index contributed by atoms with van der Waals surface area (Å²) in [5.74, 6) is 0.0928. The predicted octanol–water partition coefficient (Wildman–Crippen LogP) is 4.53. The number of halogens is 4. The molecule has 4 rings (SSSR count). The summed E-state index contributed by atoms with van der Waals surface area (Å²) in [5.41, 5.74) is -0.369. The Balaban J connectivity index is 1.49. The minimum Gasteiger partial charge on any atom is -0.354 e. The van der Waals surface area contributed by atoms with Crippen LogP contribution in [-0.4, -0.2) is 47.1 Å². The van der Waals surface area contributed by atoms with Gasteiger partial charge >= 0.3 is 12.2 Å². The van der Waals surface area contributed by atoms with E-state index in [9.17, 15) is 22.4 Å². The van der Waals surface area contributed by atoms with Gasteiger partial charge in [-0.15, -0.1) is 0 Å². The first-order chi connectivity index (χ1) is 14.8. The van der Waals surface area contributed by atoms with Gasteiger partial charge in [-0.1, -0.05) is 6.07 Å². The molecule has 3 heterocycles. The van der Waals surface area contributed by atoms with Crippen LogP contribution < -0.4 is 10.2 Å². The Morgan fingerprint density at radius 2 is 1.87 bits per heavy atom. The van der Waals surface area contributed by atoms with E-state index < -0.39 is 17.7 Å². The Kier molecular flexibility index (Phi) is 5.62. The molecule has 0 unspecified atom stereocenters. The molecule has 2 aromatic heterocycles. The highest BCUT2D eigenvalue weighted by atomic mass is 19.4. The first-order valence-corrected chi connectivity index (χ1v) is 9.71. The molecule has 0 bridgehead atoms. The molecule has 1 aromatic carbocycles. The van der Waals surface area contributed by atoms with Gasteiger partial charge in [-0.25, -0.2) is 19.2 Å². The normalized spacial score (nSPS) is 15.1. The number of hydrogen-bond donors (Lipinski definition) is 1. The van der Waals surface area contributed by atoms with Crippen molar-refractivity contribution in [1.82, 2.24) is 14.9 Å². The number of urea groups is 1. The monoisotopic (exact) mass is 433 g/mol. The van der Waals surface area contributed by atoms with Crippen LogP contribution >= 0.6 is 0 Å². The van der Waals surface area contributed by atoms with Gasteiger partial charge in [-0.3, -0.25) is 0 Å². The highest BCUT2D eigenvalue weighted by Gasteiger charge is 2.32. The maximum Gasteiger partial charge on any atom is 0.433 e. The molecule has 1 fully saturated rings. The number of nitrogens with one attached hydrogen (secondary N) is 1. The van der Waals surface area contributed by atoms with Crippen molar-refractivity contribution in [3.8, 4) is 0 Å². The second kappa shape index (κ2) is 8.37. The van der Waals surface area contributed by atoms with Crippen molar-refractivity contribution in [2.24, 2.45) is 0 Å². The molecule has 1 saturated heterocycles. The number of alkyl halides is 3. The number of carbonyl (C=O) groups excluding carboxylic acids is 1. The third kappa shape index (κ3) is 4.68. The molecule has 0 spiro atoms. The SMILES string of the molecule is O=C(Nc1cccc(F)c1)N1CCCN(c2nccc3nc(C(F)(F)F)ccc23)CC1. The van der Waals surface area contributed by atoms with Crippen LogP contribution in [0.1, 0.15) is 12.1 Å². The number of hydrogen-bond acceptors (Lipinski definition) is 4. The van der Waals surface area contributed by atoms with Gasteiger partial charge in [0.25, 0.3) is 0 Å². The van der Waals surface area contributed by atoms with Gasteiger partial charge in [-0.2, -0.15) is 13.2 Å². The lowest BCUT2D eigenvalue weighted by Crippen LogP contribution is -2.38. The van der Waals surface area contributed by atoms with Crippen LogP contribution in [0, 0.1) is 5.82 Å². The molecule has 0 radical (unpaired) electrons. The fourth-order valence-corrected chi connectivity index (χ4v) is 3.55. The molecule has 2 amide bonds. The summed E-state index contributed by atoms with van der Waals surface area (Å²) in [6.07, 6.45) is -2.44. The van der Waals surface area contributed by atoms with Crippen molar-refractivity contribution in [3.63, 3.8) is 0 Å². The molecular formula is C21H19F4N5O. The Morgan fingerprint density at radius 3 is 2.65 bits per heavy atom. The van der Waals surface area contributed by atoms with Gasteiger partial charge in [0.15, 0.2) is 0 Å². The fourth-order valence-electron chi connectivity index (χ4n) is 3.55. The molecule has 10 heteroatoms. The fraction of sp³-hybridized carbons (Fsp3) is 0.286. The molecule has 6 nitrogen and oxygen atoms in total. The number of anilines is 2. The number of pyridine rings is 2. The lowest BCUT2D eigenvalue weighted by molar-refractivity contribution is -0.140. The Morgan fingerprint density at radius 1 is 1.03 bits per heavy atom. The van der Waals surface area contributed by atoms with Crippen molar-refractivity contribution in [3.05, 3.63) is 60.2 Å². The van der Waals surface area contributed by atoms with Crippen LogP contribution in [0.5, 0.6) is 0 Å². The Labute approximate surface area is 175 Å². The highest BCUT2D eigenvalue weighted by molar-refractivity contribution is 5.90. The maximum atomic E-state index is 13.3. The van der Waals surface area contributed by atoms with Crippen molar-refractivity contribution < 1.29 is 22.4 Å². The average molecular weight is 433 g/mol. The topological polar surface area (TPSA) is 61.4 Å². The van der Waals surface area contributed by atoms with Gasteiger partial charge in [0, 0.05) is 43.4 Å². The van der Waals surface area contributed by atoms with Gasteiger partial charge < -0.3 is 15.1 Å². The zero-order valence-corrected chi connectivity index (χ0v) is 16.4. The van der Waals surface area contributed by atoms with Gasteiger partial charge in [0.05, 0.1) is 5.52 Å². The first kappa shape index (κ1) is 20.8. The summed E-state index contributed by atoms with van der Waals surface area (Å²) in [5, 5.41) is 3.20.